The molecule has 1 aromatic heterocycles. The fraction of sp³-hybridized carbons (Fsp3) is 0.500. The third-order valence-electron chi connectivity index (χ3n) is 4.20. The van der Waals surface area contributed by atoms with E-state index in [1.165, 1.54) is 5.69 Å². The molecule has 22 heavy (non-hydrogen) atoms. The van der Waals surface area contributed by atoms with E-state index in [4.69, 9.17) is 9.26 Å². The van der Waals surface area contributed by atoms with Crippen LogP contribution in [0.15, 0.2) is 28.8 Å². The van der Waals surface area contributed by atoms with E-state index in [1.807, 2.05) is 19.1 Å². The third kappa shape index (κ3) is 3.06. The third-order valence-corrected chi connectivity index (χ3v) is 4.20. The second-order valence-electron chi connectivity index (χ2n) is 5.58. The second-order valence-corrected chi connectivity index (χ2v) is 5.58. The van der Waals surface area contributed by atoms with Crippen LogP contribution >= 0.6 is 0 Å². The Hall–Kier alpha value is -2.08. The maximum absolute atomic E-state index is 5.29. The summed E-state index contributed by atoms with van der Waals surface area (Å²) in [4.78, 5) is 9.11. The highest BCUT2D eigenvalue weighted by molar-refractivity contribution is 5.49. The summed E-state index contributed by atoms with van der Waals surface area (Å²) in [5.74, 6) is 2.29. The molecule has 1 fully saturated rings. The van der Waals surface area contributed by atoms with Crippen molar-refractivity contribution < 1.29 is 9.26 Å². The number of rotatable bonds is 4. The lowest BCUT2D eigenvalue weighted by Gasteiger charge is -2.38. The highest BCUT2D eigenvalue weighted by Gasteiger charge is 2.25. The van der Waals surface area contributed by atoms with Gasteiger partial charge in [-0.15, -0.1) is 0 Å². The number of hydrogen-bond acceptors (Lipinski definition) is 6. The molecule has 0 aliphatic carbocycles. The fourth-order valence-electron chi connectivity index (χ4n) is 2.80. The summed E-state index contributed by atoms with van der Waals surface area (Å²) < 4.78 is 10.5. The predicted octanol–water partition coefficient (Wildman–Crippen LogP) is 2.27. The highest BCUT2D eigenvalue weighted by atomic mass is 16.5. The van der Waals surface area contributed by atoms with Crippen molar-refractivity contribution in [2.75, 3.05) is 38.2 Å². The van der Waals surface area contributed by atoms with E-state index >= 15 is 0 Å². The Morgan fingerprint density at radius 2 is 1.82 bits per heavy atom. The maximum atomic E-state index is 5.29. The van der Waals surface area contributed by atoms with E-state index < -0.39 is 0 Å². The van der Waals surface area contributed by atoms with Crippen LogP contribution in [0.2, 0.25) is 0 Å². The van der Waals surface area contributed by atoms with Gasteiger partial charge in [0.05, 0.1) is 13.2 Å². The van der Waals surface area contributed by atoms with Crippen molar-refractivity contribution in [3.8, 4) is 5.75 Å². The van der Waals surface area contributed by atoms with Crippen LogP contribution in [0.1, 0.15) is 24.7 Å². The smallest absolute Gasteiger partial charge is 0.243 e. The van der Waals surface area contributed by atoms with Crippen LogP contribution in [0.3, 0.4) is 0 Å². The molecule has 0 spiro atoms. The van der Waals surface area contributed by atoms with Gasteiger partial charge in [-0.05, 0) is 38.1 Å². The first-order valence-electron chi connectivity index (χ1n) is 7.60. The Labute approximate surface area is 130 Å². The molecule has 0 saturated carbocycles. The number of piperazine rings is 1. The molecule has 118 valence electrons. The Morgan fingerprint density at radius 3 is 2.36 bits per heavy atom. The molecule has 1 atom stereocenters. The van der Waals surface area contributed by atoms with Crippen LogP contribution < -0.4 is 9.64 Å². The minimum Gasteiger partial charge on any atom is -0.497 e. The van der Waals surface area contributed by atoms with Gasteiger partial charge in [0.15, 0.2) is 5.82 Å². The number of aryl methyl sites for hydroxylation is 1. The Kier molecular flexibility index (Phi) is 4.29. The van der Waals surface area contributed by atoms with Gasteiger partial charge in [0, 0.05) is 31.9 Å². The monoisotopic (exact) mass is 302 g/mol. The lowest BCUT2D eigenvalue weighted by Crippen LogP contribution is -2.47. The quantitative estimate of drug-likeness (QED) is 0.863. The van der Waals surface area contributed by atoms with Crippen molar-refractivity contribution >= 4 is 5.69 Å². The first-order chi connectivity index (χ1) is 10.7. The van der Waals surface area contributed by atoms with Gasteiger partial charge in [-0.1, -0.05) is 5.16 Å². The molecular weight excluding hydrogens is 280 g/mol. The summed E-state index contributed by atoms with van der Waals surface area (Å²) in [6, 6.07) is 8.40. The van der Waals surface area contributed by atoms with E-state index in [0.717, 1.165) is 31.9 Å². The zero-order chi connectivity index (χ0) is 15.5. The number of benzene rings is 1. The summed E-state index contributed by atoms with van der Waals surface area (Å²) in [5, 5.41) is 3.88. The molecule has 2 heterocycles. The molecule has 0 radical (unpaired) electrons. The van der Waals surface area contributed by atoms with E-state index in [9.17, 15) is 0 Å². The SMILES string of the molecule is COc1ccc(N2CCN(C(C)c3nc(C)no3)CC2)cc1. The number of nitrogens with zero attached hydrogens (tertiary/aromatic N) is 4. The molecule has 1 saturated heterocycles. The van der Waals surface area contributed by atoms with Gasteiger partial charge in [0.1, 0.15) is 5.75 Å². The molecule has 6 heteroatoms. The first kappa shape index (κ1) is 14.8. The second kappa shape index (κ2) is 6.36. The van der Waals surface area contributed by atoms with Gasteiger partial charge in [-0.25, -0.2) is 0 Å². The minimum absolute atomic E-state index is 0.166. The van der Waals surface area contributed by atoms with Crippen LogP contribution in [0, 0.1) is 6.92 Å². The predicted molar refractivity (Wildman–Crippen MR) is 84.2 cm³/mol. The normalized spacial score (nSPS) is 17.5. The molecular formula is C16H22N4O2. The molecule has 6 nitrogen and oxygen atoms in total. The van der Waals surface area contributed by atoms with Crippen LogP contribution in [0.25, 0.3) is 0 Å². The average molecular weight is 302 g/mol. The van der Waals surface area contributed by atoms with Gasteiger partial charge < -0.3 is 14.2 Å². The van der Waals surface area contributed by atoms with Crippen LogP contribution in [0.5, 0.6) is 5.75 Å². The van der Waals surface area contributed by atoms with Gasteiger partial charge in [0.25, 0.3) is 0 Å². The number of ether oxygens (including phenoxy) is 1. The van der Waals surface area contributed by atoms with Crippen molar-refractivity contribution in [2.24, 2.45) is 0 Å². The molecule has 0 bridgehead atoms. The van der Waals surface area contributed by atoms with E-state index in [2.05, 4.69) is 39.0 Å². The zero-order valence-corrected chi connectivity index (χ0v) is 13.3. The van der Waals surface area contributed by atoms with Crippen LogP contribution in [-0.2, 0) is 0 Å². The highest BCUT2D eigenvalue weighted by Crippen LogP contribution is 2.24. The Morgan fingerprint density at radius 1 is 1.14 bits per heavy atom. The summed E-state index contributed by atoms with van der Waals surface area (Å²) in [6.45, 7) is 7.91. The Balaban J connectivity index is 1.59. The number of anilines is 1. The van der Waals surface area contributed by atoms with E-state index in [-0.39, 0.29) is 6.04 Å². The van der Waals surface area contributed by atoms with Crippen molar-refractivity contribution in [1.82, 2.24) is 15.0 Å². The van der Waals surface area contributed by atoms with Crippen LogP contribution in [0.4, 0.5) is 5.69 Å². The fourth-order valence-corrected chi connectivity index (χ4v) is 2.80. The van der Waals surface area contributed by atoms with Gasteiger partial charge >= 0.3 is 0 Å². The van der Waals surface area contributed by atoms with Crippen molar-refractivity contribution in [3.05, 3.63) is 36.0 Å². The summed E-state index contributed by atoms with van der Waals surface area (Å²) in [6.07, 6.45) is 0. The molecule has 1 aliphatic rings. The molecule has 1 unspecified atom stereocenters. The summed E-state index contributed by atoms with van der Waals surface area (Å²) in [7, 11) is 1.69. The topological polar surface area (TPSA) is 54.6 Å². The molecule has 0 N–H and O–H groups in total. The van der Waals surface area contributed by atoms with Crippen molar-refractivity contribution in [2.45, 2.75) is 19.9 Å². The largest absolute Gasteiger partial charge is 0.497 e. The van der Waals surface area contributed by atoms with Gasteiger partial charge in [-0.3, -0.25) is 4.90 Å². The van der Waals surface area contributed by atoms with Gasteiger partial charge in [-0.2, -0.15) is 4.98 Å². The maximum Gasteiger partial charge on any atom is 0.243 e. The lowest BCUT2D eigenvalue weighted by atomic mass is 10.2. The number of methoxy groups -OCH3 is 1. The lowest BCUT2D eigenvalue weighted by molar-refractivity contribution is 0.164. The van der Waals surface area contributed by atoms with Gasteiger partial charge in [0.2, 0.25) is 5.89 Å². The first-order valence-corrected chi connectivity index (χ1v) is 7.60. The molecule has 2 aromatic rings. The Bertz CT molecular complexity index is 603. The molecule has 1 aromatic carbocycles. The molecule has 1 aliphatic heterocycles. The minimum atomic E-state index is 0.166. The zero-order valence-electron chi connectivity index (χ0n) is 13.3. The number of hydrogen-bond donors (Lipinski definition) is 0. The van der Waals surface area contributed by atoms with Crippen molar-refractivity contribution in [3.63, 3.8) is 0 Å². The average Bonchev–Trinajstić information content (AvgIpc) is 3.01. The van der Waals surface area contributed by atoms with E-state index in [1.54, 1.807) is 7.11 Å². The van der Waals surface area contributed by atoms with Crippen molar-refractivity contribution in [1.29, 1.82) is 0 Å². The standard InChI is InChI=1S/C16H22N4O2/c1-12(16-17-13(2)18-22-16)19-8-10-20(11-9-19)14-4-6-15(21-3)7-5-14/h4-7,12H,8-11H2,1-3H3. The number of aromatic nitrogens is 2. The van der Waals surface area contributed by atoms with Crippen LogP contribution in [-0.4, -0.2) is 48.3 Å². The summed E-state index contributed by atoms with van der Waals surface area (Å²) in [5.41, 5.74) is 1.24. The molecule has 3 rings (SSSR count). The van der Waals surface area contributed by atoms with E-state index in [0.29, 0.717) is 11.7 Å². The molecule has 0 amide bonds. The summed E-state index contributed by atoms with van der Waals surface area (Å²) >= 11 is 0.